The van der Waals surface area contributed by atoms with Crippen molar-refractivity contribution in [2.75, 3.05) is 5.32 Å². The molecule has 1 aromatic carbocycles. The molecule has 1 nitrogen and oxygen atoms in total. The number of hydrogen-bond acceptors (Lipinski definition) is 1. The van der Waals surface area contributed by atoms with Gasteiger partial charge in [-0.2, -0.15) is 0 Å². The van der Waals surface area contributed by atoms with Crippen LogP contribution in [0.1, 0.15) is 57.4 Å². The number of hydrogen-bond donors (Lipinski definition) is 1. The minimum atomic E-state index is 0.607. The summed E-state index contributed by atoms with van der Waals surface area (Å²) in [6, 6.07) is 9.70. The second-order valence-electron chi connectivity index (χ2n) is 7.84. The average molecular weight is 269 g/mol. The largest absolute Gasteiger partial charge is 0.382 e. The Hall–Kier alpha value is -0.980. The Labute approximate surface area is 123 Å². The molecule has 20 heavy (non-hydrogen) atoms. The van der Waals surface area contributed by atoms with Crippen molar-refractivity contribution in [2.45, 2.75) is 57.9 Å². The molecule has 4 saturated carbocycles. The third-order valence-corrected chi connectivity index (χ3v) is 6.13. The van der Waals surface area contributed by atoms with Crippen molar-refractivity contribution < 1.29 is 0 Å². The van der Waals surface area contributed by atoms with Gasteiger partial charge in [-0.05, 0) is 73.3 Å². The number of benzene rings is 1. The minimum absolute atomic E-state index is 0.607. The van der Waals surface area contributed by atoms with Crippen molar-refractivity contribution >= 4 is 5.69 Å². The second-order valence-corrected chi connectivity index (χ2v) is 7.84. The first-order chi connectivity index (χ1) is 9.70. The highest BCUT2D eigenvalue weighted by Crippen LogP contribution is 2.54. The molecule has 4 bridgehead atoms. The molecular formula is C19H27N. The van der Waals surface area contributed by atoms with Gasteiger partial charge in [0, 0.05) is 11.7 Å². The standard InChI is InChI=1S/C19H27N/c1-12(2)17-5-3-4-6-18(17)20-19-15-8-13-7-14(10-15)11-16(19)9-13/h3-6,12-16,19-20H,7-11H2,1-2H3. The van der Waals surface area contributed by atoms with Gasteiger partial charge in [-0.1, -0.05) is 32.0 Å². The Kier molecular flexibility index (Phi) is 3.05. The third-order valence-electron chi connectivity index (χ3n) is 6.13. The van der Waals surface area contributed by atoms with Crippen LogP contribution in [-0.2, 0) is 0 Å². The van der Waals surface area contributed by atoms with E-state index in [9.17, 15) is 0 Å². The molecule has 1 heteroatoms. The lowest BCUT2D eigenvalue weighted by Gasteiger charge is -2.54. The van der Waals surface area contributed by atoms with Gasteiger partial charge in [-0.25, -0.2) is 0 Å². The maximum Gasteiger partial charge on any atom is 0.0377 e. The molecule has 108 valence electrons. The lowest BCUT2D eigenvalue weighted by Crippen LogP contribution is -2.51. The first-order valence-electron chi connectivity index (χ1n) is 8.56. The molecule has 0 spiro atoms. The van der Waals surface area contributed by atoms with E-state index in [1.807, 2.05) is 0 Å². The predicted molar refractivity (Wildman–Crippen MR) is 85.0 cm³/mol. The summed E-state index contributed by atoms with van der Waals surface area (Å²) < 4.78 is 0. The van der Waals surface area contributed by atoms with E-state index in [4.69, 9.17) is 0 Å². The number of rotatable bonds is 3. The Morgan fingerprint density at radius 3 is 2.10 bits per heavy atom. The van der Waals surface area contributed by atoms with E-state index < -0.39 is 0 Å². The van der Waals surface area contributed by atoms with Crippen molar-refractivity contribution in [2.24, 2.45) is 23.7 Å². The fraction of sp³-hybridized carbons (Fsp3) is 0.684. The predicted octanol–water partition coefficient (Wildman–Crippen LogP) is 5.05. The van der Waals surface area contributed by atoms with E-state index in [2.05, 4.69) is 43.4 Å². The van der Waals surface area contributed by atoms with Crippen molar-refractivity contribution in [1.29, 1.82) is 0 Å². The van der Waals surface area contributed by atoms with Gasteiger partial charge in [0.25, 0.3) is 0 Å². The van der Waals surface area contributed by atoms with E-state index in [-0.39, 0.29) is 0 Å². The topological polar surface area (TPSA) is 12.0 Å². The molecule has 5 rings (SSSR count). The Morgan fingerprint density at radius 1 is 0.900 bits per heavy atom. The van der Waals surface area contributed by atoms with Gasteiger partial charge < -0.3 is 5.32 Å². The van der Waals surface area contributed by atoms with Gasteiger partial charge in [0.05, 0.1) is 0 Å². The highest BCUT2D eigenvalue weighted by molar-refractivity contribution is 5.53. The number of nitrogens with one attached hydrogen (secondary N) is 1. The summed E-state index contributed by atoms with van der Waals surface area (Å²) in [5.41, 5.74) is 2.89. The summed E-state index contributed by atoms with van der Waals surface area (Å²) in [7, 11) is 0. The first-order valence-corrected chi connectivity index (χ1v) is 8.56. The zero-order valence-electron chi connectivity index (χ0n) is 12.8. The number of anilines is 1. The van der Waals surface area contributed by atoms with Gasteiger partial charge >= 0.3 is 0 Å². The molecular weight excluding hydrogens is 242 g/mol. The van der Waals surface area contributed by atoms with Gasteiger partial charge in [0.1, 0.15) is 0 Å². The number of para-hydroxylation sites is 1. The summed E-state index contributed by atoms with van der Waals surface area (Å²) in [6.45, 7) is 4.61. The van der Waals surface area contributed by atoms with Crippen molar-refractivity contribution in [3.8, 4) is 0 Å². The maximum atomic E-state index is 3.97. The fourth-order valence-corrected chi connectivity index (χ4v) is 5.47. The van der Waals surface area contributed by atoms with E-state index in [0.29, 0.717) is 5.92 Å². The molecule has 0 heterocycles. The molecule has 1 aromatic rings. The molecule has 4 aliphatic carbocycles. The van der Waals surface area contributed by atoms with Crippen molar-refractivity contribution in [3.05, 3.63) is 29.8 Å². The van der Waals surface area contributed by atoms with Crippen LogP contribution in [0.3, 0.4) is 0 Å². The van der Waals surface area contributed by atoms with Crippen molar-refractivity contribution in [3.63, 3.8) is 0 Å². The van der Waals surface area contributed by atoms with E-state index in [0.717, 1.165) is 29.7 Å². The molecule has 0 amide bonds. The highest BCUT2D eigenvalue weighted by Gasteiger charge is 2.48. The lowest BCUT2D eigenvalue weighted by atomic mass is 9.54. The van der Waals surface area contributed by atoms with Gasteiger partial charge in [0.2, 0.25) is 0 Å². The summed E-state index contributed by atoms with van der Waals surface area (Å²) in [4.78, 5) is 0. The normalized spacial score (nSPS) is 38.5. The first kappa shape index (κ1) is 12.7. The monoisotopic (exact) mass is 269 g/mol. The minimum Gasteiger partial charge on any atom is -0.382 e. The van der Waals surface area contributed by atoms with Crippen LogP contribution in [0, 0.1) is 23.7 Å². The molecule has 0 saturated heterocycles. The summed E-state index contributed by atoms with van der Waals surface area (Å²) in [5.74, 6) is 4.64. The second kappa shape index (κ2) is 4.79. The SMILES string of the molecule is CC(C)c1ccccc1NC1C2CC3CC(C2)CC1C3. The van der Waals surface area contributed by atoms with Crippen LogP contribution in [0.4, 0.5) is 5.69 Å². The van der Waals surface area contributed by atoms with Crippen LogP contribution in [0.2, 0.25) is 0 Å². The summed E-state index contributed by atoms with van der Waals surface area (Å²) in [5, 5.41) is 3.97. The zero-order chi connectivity index (χ0) is 13.7. The van der Waals surface area contributed by atoms with Gasteiger partial charge in [0.15, 0.2) is 0 Å². The van der Waals surface area contributed by atoms with E-state index >= 15 is 0 Å². The lowest BCUT2D eigenvalue weighted by molar-refractivity contribution is 0.00751. The molecule has 1 N–H and O–H groups in total. The average Bonchev–Trinajstić information content (AvgIpc) is 2.42. The molecule has 4 aliphatic rings. The Morgan fingerprint density at radius 2 is 1.50 bits per heavy atom. The highest BCUT2D eigenvalue weighted by atomic mass is 15.0. The smallest absolute Gasteiger partial charge is 0.0377 e. The van der Waals surface area contributed by atoms with Crippen LogP contribution in [-0.4, -0.2) is 6.04 Å². The van der Waals surface area contributed by atoms with Crippen LogP contribution < -0.4 is 5.32 Å². The Bertz CT molecular complexity index is 462. The molecule has 0 aliphatic heterocycles. The molecule has 0 radical (unpaired) electrons. The summed E-state index contributed by atoms with van der Waals surface area (Å²) in [6.07, 6.45) is 7.52. The zero-order valence-corrected chi connectivity index (χ0v) is 12.8. The molecule has 0 atom stereocenters. The van der Waals surface area contributed by atoms with E-state index in [1.165, 1.54) is 36.9 Å². The fourth-order valence-electron chi connectivity index (χ4n) is 5.47. The Balaban J connectivity index is 1.58. The van der Waals surface area contributed by atoms with Crippen LogP contribution >= 0.6 is 0 Å². The summed E-state index contributed by atoms with van der Waals surface area (Å²) >= 11 is 0. The third kappa shape index (κ3) is 2.06. The molecule has 4 fully saturated rings. The van der Waals surface area contributed by atoms with Crippen LogP contribution in [0.25, 0.3) is 0 Å². The molecule has 0 unspecified atom stereocenters. The van der Waals surface area contributed by atoms with E-state index in [1.54, 1.807) is 6.42 Å². The van der Waals surface area contributed by atoms with Crippen LogP contribution in [0.15, 0.2) is 24.3 Å². The quantitative estimate of drug-likeness (QED) is 0.810. The van der Waals surface area contributed by atoms with Crippen LogP contribution in [0.5, 0.6) is 0 Å². The van der Waals surface area contributed by atoms with Gasteiger partial charge in [-0.3, -0.25) is 0 Å². The van der Waals surface area contributed by atoms with Crippen molar-refractivity contribution in [1.82, 2.24) is 0 Å². The maximum absolute atomic E-state index is 3.97. The van der Waals surface area contributed by atoms with Gasteiger partial charge in [-0.15, -0.1) is 0 Å². The molecule has 0 aromatic heterocycles.